The van der Waals surface area contributed by atoms with E-state index in [9.17, 15) is 5.11 Å². The summed E-state index contributed by atoms with van der Waals surface area (Å²) in [4.78, 5) is 2.35. The van der Waals surface area contributed by atoms with E-state index in [0.717, 1.165) is 47.6 Å². The number of nitrogens with zero attached hydrogens (tertiary/aromatic N) is 1. The Morgan fingerprint density at radius 2 is 2.00 bits per heavy atom. The fourth-order valence-corrected chi connectivity index (χ4v) is 3.08. The topological polar surface area (TPSA) is 36.6 Å². The minimum atomic E-state index is -0.156. The Morgan fingerprint density at radius 1 is 1.24 bits per heavy atom. The number of rotatable bonds is 3. The molecular weight excluding hydrogens is 330 g/mol. The number of hydrogen-bond donors (Lipinski definition) is 1. The molecule has 2 aromatic rings. The van der Waals surface area contributed by atoms with Gasteiger partial charge in [0.05, 0.1) is 12.6 Å². The molecule has 1 fully saturated rings. The summed E-state index contributed by atoms with van der Waals surface area (Å²) in [6.45, 7) is 4.77. The first-order valence-electron chi connectivity index (χ1n) is 7.37. The zero-order valence-electron chi connectivity index (χ0n) is 12.1. The largest absolute Gasteiger partial charge is 0.460 e. The normalized spacial score (nSPS) is 23.4. The lowest BCUT2D eigenvalue weighted by atomic mass is 9.97. The second-order valence-electron chi connectivity index (χ2n) is 5.84. The lowest BCUT2D eigenvalue weighted by Gasteiger charge is -2.33. The van der Waals surface area contributed by atoms with Crippen molar-refractivity contribution in [2.75, 3.05) is 13.1 Å². The number of halogens is 1. The number of benzene rings is 1. The van der Waals surface area contributed by atoms with Crippen molar-refractivity contribution in [1.29, 1.82) is 0 Å². The molecule has 0 amide bonds. The van der Waals surface area contributed by atoms with Crippen LogP contribution < -0.4 is 0 Å². The van der Waals surface area contributed by atoms with Gasteiger partial charge < -0.3 is 9.52 Å². The first-order chi connectivity index (χ1) is 10.1. The van der Waals surface area contributed by atoms with Crippen LogP contribution in [0.5, 0.6) is 0 Å². The fraction of sp³-hybridized carbons (Fsp3) is 0.412. The van der Waals surface area contributed by atoms with E-state index in [0.29, 0.717) is 5.92 Å². The summed E-state index contributed by atoms with van der Waals surface area (Å²) in [5.74, 6) is 2.22. The van der Waals surface area contributed by atoms with Gasteiger partial charge in [-0.05, 0) is 36.6 Å². The maximum absolute atomic E-state index is 9.78. The van der Waals surface area contributed by atoms with Crippen LogP contribution in [0.4, 0.5) is 0 Å². The SMILES string of the molecule is CC1CN(Cc2ccc(-c3ccc(Br)cc3)o2)CCC1O. The van der Waals surface area contributed by atoms with Gasteiger partial charge in [-0.1, -0.05) is 35.0 Å². The molecule has 0 saturated carbocycles. The zero-order chi connectivity index (χ0) is 14.8. The van der Waals surface area contributed by atoms with E-state index >= 15 is 0 Å². The van der Waals surface area contributed by atoms with Gasteiger partial charge in [-0.2, -0.15) is 0 Å². The zero-order valence-corrected chi connectivity index (χ0v) is 13.7. The Hall–Kier alpha value is -1.10. The van der Waals surface area contributed by atoms with Crippen LogP contribution in [-0.2, 0) is 6.54 Å². The highest BCUT2D eigenvalue weighted by molar-refractivity contribution is 9.10. The maximum Gasteiger partial charge on any atom is 0.134 e. The molecule has 0 aliphatic carbocycles. The van der Waals surface area contributed by atoms with Gasteiger partial charge in [0.1, 0.15) is 11.5 Å². The Kier molecular flexibility index (Phi) is 4.48. The monoisotopic (exact) mass is 349 g/mol. The quantitative estimate of drug-likeness (QED) is 0.912. The van der Waals surface area contributed by atoms with Crippen molar-refractivity contribution in [3.05, 3.63) is 46.6 Å². The summed E-state index contributed by atoms with van der Waals surface area (Å²) in [5, 5.41) is 9.78. The smallest absolute Gasteiger partial charge is 0.134 e. The van der Waals surface area contributed by atoms with Gasteiger partial charge in [0.25, 0.3) is 0 Å². The van der Waals surface area contributed by atoms with Gasteiger partial charge in [0.15, 0.2) is 0 Å². The molecule has 3 rings (SSSR count). The van der Waals surface area contributed by atoms with Crippen LogP contribution in [0.25, 0.3) is 11.3 Å². The Morgan fingerprint density at radius 3 is 2.71 bits per heavy atom. The molecule has 0 radical (unpaired) electrons. The molecule has 3 nitrogen and oxygen atoms in total. The van der Waals surface area contributed by atoms with Crippen LogP contribution in [-0.4, -0.2) is 29.2 Å². The summed E-state index contributed by atoms with van der Waals surface area (Å²) >= 11 is 3.44. The molecule has 1 saturated heterocycles. The van der Waals surface area contributed by atoms with Crippen molar-refractivity contribution in [3.8, 4) is 11.3 Å². The third-order valence-corrected chi connectivity index (χ3v) is 4.64. The Bertz CT molecular complexity index is 593. The summed E-state index contributed by atoms with van der Waals surface area (Å²) in [6.07, 6.45) is 0.692. The summed E-state index contributed by atoms with van der Waals surface area (Å²) < 4.78 is 7.02. The van der Waals surface area contributed by atoms with E-state index in [4.69, 9.17) is 4.42 Å². The highest BCUT2D eigenvalue weighted by atomic mass is 79.9. The fourth-order valence-electron chi connectivity index (χ4n) is 2.82. The second kappa shape index (κ2) is 6.34. The third-order valence-electron chi connectivity index (χ3n) is 4.11. The molecule has 2 unspecified atom stereocenters. The van der Waals surface area contributed by atoms with Gasteiger partial charge in [0, 0.05) is 23.1 Å². The van der Waals surface area contributed by atoms with Gasteiger partial charge in [-0.15, -0.1) is 0 Å². The first kappa shape index (κ1) is 14.8. The van der Waals surface area contributed by atoms with E-state index in [-0.39, 0.29) is 6.10 Å². The van der Waals surface area contributed by atoms with E-state index in [2.05, 4.69) is 27.8 Å². The van der Waals surface area contributed by atoms with Crippen molar-refractivity contribution in [3.63, 3.8) is 0 Å². The van der Waals surface area contributed by atoms with Crippen molar-refractivity contribution in [2.45, 2.75) is 26.0 Å². The Labute approximate surface area is 133 Å². The molecule has 1 aromatic heterocycles. The molecule has 4 heteroatoms. The van der Waals surface area contributed by atoms with Crippen LogP contribution in [0.2, 0.25) is 0 Å². The van der Waals surface area contributed by atoms with Crippen LogP contribution in [0.3, 0.4) is 0 Å². The number of hydrogen-bond acceptors (Lipinski definition) is 3. The van der Waals surface area contributed by atoms with Gasteiger partial charge in [-0.25, -0.2) is 0 Å². The molecule has 112 valence electrons. The minimum absolute atomic E-state index is 0.156. The lowest BCUT2D eigenvalue weighted by molar-refractivity contribution is 0.0297. The van der Waals surface area contributed by atoms with Crippen LogP contribution in [0.1, 0.15) is 19.1 Å². The number of likely N-dealkylation sites (tertiary alicyclic amines) is 1. The summed E-state index contributed by atoms with van der Waals surface area (Å²) in [5.41, 5.74) is 1.09. The standard InChI is InChI=1S/C17H20BrNO2/c1-12-10-19(9-8-16(12)20)11-15-6-7-17(21-15)13-2-4-14(18)5-3-13/h2-7,12,16,20H,8-11H2,1H3. The highest BCUT2D eigenvalue weighted by Gasteiger charge is 2.24. The molecular formula is C17H20BrNO2. The van der Waals surface area contributed by atoms with Crippen LogP contribution in [0.15, 0.2) is 45.3 Å². The molecule has 2 atom stereocenters. The maximum atomic E-state index is 9.78. The molecule has 1 aromatic carbocycles. The number of aliphatic hydroxyl groups is 1. The van der Waals surface area contributed by atoms with E-state index in [1.807, 2.05) is 36.4 Å². The van der Waals surface area contributed by atoms with Crippen LogP contribution in [0, 0.1) is 5.92 Å². The Balaban J connectivity index is 1.66. The molecule has 1 N–H and O–H groups in total. The van der Waals surface area contributed by atoms with Crippen molar-refractivity contribution >= 4 is 15.9 Å². The highest BCUT2D eigenvalue weighted by Crippen LogP contribution is 2.25. The van der Waals surface area contributed by atoms with Crippen LogP contribution >= 0.6 is 15.9 Å². The predicted octanol–water partition coefficient (Wildman–Crippen LogP) is 3.91. The predicted molar refractivity (Wildman–Crippen MR) is 86.9 cm³/mol. The van der Waals surface area contributed by atoms with E-state index in [1.54, 1.807) is 0 Å². The average Bonchev–Trinajstić information content (AvgIpc) is 2.92. The lowest BCUT2D eigenvalue weighted by Crippen LogP contribution is -2.41. The van der Waals surface area contributed by atoms with Gasteiger partial charge in [-0.3, -0.25) is 4.90 Å². The van der Waals surface area contributed by atoms with Crippen molar-refractivity contribution in [1.82, 2.24) is 4.90 Å². The minimum Gasteiger partial charge on any atom is -0.460 e. The first-order valence-corrected chi connectivity index (χ1v) is 8.16. The van der Waals surface area contributed by atoms with Gasteiger partial charge in [0.2, 0.25) is 0 Å². The van der Waals surface area contributed by atoms with Crippen molar-refractivity contribution < 1.29 is 9.52 Å². The van der Waals surface area contributed by atoms with Gasteiger partial charge >= 0.3 is 0 Å². The summed E-state index contributed by atoms with van der Waals surface area (Å²) in [6, 6.07) is 12.2. The average molecular weight is 350 g/mol. The van der Waals surface area contributed by atoms with Crippen molar-refractivity contribution in [2.24, 2.45) is 5.92 Å². The number of aliphatic hydroxyl groups excluding tert-OH is 1. The number of furan rings is 1. The molecule has 2 heterocycles. The third kappa shape index (κ3) is 3.57. The molecule has 0 spiro atoms. The molecule has 1 aliphatic heterocycles. The molecule has 1 aliphatic rings. The number of piperidine rings is 1. The molecule has 0 bridgehead atoms. The molecule has 21 heavy (non-hydrogen) atoms. The van der Waals surface area contributed by atoms with E-state index in [1.165, 1.54) is 0 Å². The summed E-state index contributed by atoms with van der Waals surface area (Å²) in [7, 11) is 0. The van der Waals surface area contributed by atoms with E-state index < -0.39 is 0 Å². The second-order valence-corrected chi connectivity index (χ2v) is 6.76.